The van der Waals surface area contributed by atoms with E-state index in [-0.39, 0.29) is 12.2 Å². The van der Waals surface area contributed by atoms with E-state index in [4.69, 9.17) is 9.47 Å². The summed E-state index contributed by atoms with van der Waals surface area (Å²) in [5, 5.41) is 0. The zero-order valence-corrected chi connectivity index (χ0v) is 16.6. The summed E-state index contributed by atoms with van der Waals surface area (Å²) in [4.78, 5) is 23.5. The zero-order chi connectivity index (χ0) is 23.1. The van der Waals surface area contributed by atoms with Gasteiger partial charge in [-0.15, -0.1) is 0 Å². The molecular weight excluding hydrogens is 427 g/mol. The molecule has 1 atom stereocenters. The Morgan fingerprint density at radius 3 is 1.94 bits per heavy atom. The first-order valence-corrected chi connectivity index (χ1v) is 9.36. The van der Waals surface area contributed by atoms with Crippen LogP contribution < -0.4 is 9.47 Å². The van der Waals surface area contributed by atoms with Crippen LogP contribution in [0, 0.1) is 29.1 Å². The maximum absolute atomic E-state index is 13.6. The Labute approximate surface area is 174 Å². The van der Waals surface area contributed by atoms with Gasteiger partial charge in [-0.1, -0.05) is 31.9 Å². The van der Waals surface area contributed by atoms with Crippen LogP contribution in [0.2, 0.25) is 0 Å². The average Bonchev–Trinajstić information content (AvgIpc) is 2.74. The Bertz CT molecular complexity index is 917. The molecule has 2 rings (SSSR count). The van der Waals surface area contributed by atoms with Crippen molar-refractivity contribution in [2.75, 3.05) is 0 Å². The number of hydrogen-bond acceptors (Lipinski definition) is 5. The Morgan fingerprint density at radius 1 is 0.839 bits per heavy atom. The molecule has 0 spiro atoms. The van der Waals surface area contributed by atoms with Gasteiger partial charge in [-0.3, -0.25) is 4.79 Å². The van der Waals surface area contributed by atoms with Gasteiger partial charge in [0.15, 0.2) is 0 Å². The highest BCUT2D eigenvalue weighted by Crippen LogP contribution is 2.30. The molecule has 0 amide bonds. The fourth-order valence-corrected chi connectivity index (χ4v) is 2.50. The maximum atomic E-state index is 13.6. The van der Waals surface area contributed by atoms with Crippen LogP contribution in [0.5, 0.6) is 11.5 Å². The van der Waals surface area contributed by atoms with Crippen molar-refractivity contribution in [2.24, 2.45) is 0 Å². The van der Waals surface area contributed by atoms with E-state index >= 15 is 0 Å². The minimum absolute atomic E-state index is 0.265. The predicted octanol–water partition coefficient (Wildman–Crippen LogP) is 6.14. The van der Waals surface area contributed by atoms with Crippen LogP contribution in [0.1, 0.15) is 51.2 Å². The lowest BCUT2D eigenvalue weighted by Crippen LogP contribution is -2.16. The van der Waals surface area contributed by atoms with Crippen LogP contribution in [0.4, 0.5) is 26.7 Å². The van der Waals surface area contributed by atoms with Crippen molar-refractivity contribution in [3.63, 3.8) is 0 Å². The minimum Gasteiger partial charge on any atom is -0.427 e. The van der Waals surface area contributed by atoms with Crippen molar-refractivity contribution in [1.29, 1.82) is 0 Å². The Morgan fingerprint density at radius 2 is 1.39 bits per heavy atom. The minimum atomic E-state index is -2.38. The van der Waals surface area contributed by atoms with Gasteiger partial charge in [-0.2, -0.15) is 8.78 Å². The van der Waals surface area contributed by atoms with E-state index in [2.05, 4.69) is 4.74 Å². The molecule has 10 heteroatoms. The van der Waals surface area contributed by atoms with Crippen LogP contribution in [-0.4, -0.2) is 12.1 Å². The van der Waals surface area contributed by atoms with Gasteiger partial charge < -0.3 is 14.2 Å². The Hall–Kier alpha value is -3.17. The SMILES string of the molecule is CCCCCC(=O)Oc1ccc(C(C)OC(=O)Oc2c(F)c(F)c(F)c(F)c2F)cc1. The lowest BCUT2D eigenvalue weighted by molar-refractivity contribution is -0.134. The fourth-order valence-electron chi connectivity index (χ4n) is 2.50. The summed E-state index contributed by atoms with van der Waals surface area (Å²) in [5.41, 5.74) is 0.389. The largest absolute Gasteiger partial charge is 0.514 e. The average molecular weight is 446 g/mol. The molecule has 0 aliphatic heterocycles. The van der Waals surface area contributed by atoms with Crippen molar-refractivity contribution in [1.82, 2.24) is 0 Å². The van der Waals surface area contributed by atoms with Gasteiger partial charge >= 0.3 is 12.1 Å². The number of carbonyl (C=O) groups excluding carboxylic acids is 2. The lowest BCUT2D eigenvalue weighted by Gasteiger charge is -2.14. The standard InChI is InChI=1S/C21H19F5O5/c1-3-4-5-6-14(27)30-13-9-7-12(8-10-13)11(2)29-21(28)31-20-18(25)16(23)15(22)17(24)19(20)26/h7-11H,3-6H2,1-2H3. The van der Waals surface area contributed by atoms with Crippen LogP contribution in [-0.2, 0) is 9.53 Å². The second-order valence-electron chi connectivity index (χ2n) is 6.51. The number of rotatable bonds is 8. The molecule has 0 saturated carbocycles. The van der Waals surface area contributed by atoms with E-state index in [0.29, 0.717) is 12.0 Å². The summed E-state index contributed by atoms with van der Waals surface area (Å²) in [7, 11) is 0. The third-order valence-corrected chi connectivity index (χ3v) is 4.19. The number of carbonyl (C=O) groups is 2. The summed E-state index contributed by atoms with van der Waals surface area (Å²) in [5.74, 6) is -13.4. The molecule has 0 saturated heterocycles. The highest BCUT2D eigenvalue weighted by molar-refractivity contribution is 5.72. The molecule has 0 aliphatic rings. The molecule has 31 heavy (non-hydrogen) atoms. The highest BCUT2D eigenvalue weighted by Gasteiger charge is 2.29. The quantitative estimate of drug-likeness (QED) is 0.0927. The first-order chi connectivity index (χ1) is 14.6. The summed E-state index contributed by atoms with van der Waals surface area (Å²) in [6, 6.07) is 5.82. The topological polar surface area (TPSA) is 61.8 Å². The van der Waals surface area contributed by atoms with E-state index in [1.54, 1.807) is 0 Å². The molecule has 2 aromatic rings. The van der Waals surface area contributed by atoms with Crippen LogP contribution in [0.15, 0.2) is 24.3 Å². The molecule has 0 aliphatic carbocycles. The number of hydrogen-bond donors (Lipinski definition) is 0. The van der Waals surface area contributed by atoms with Crippen LogP contribution in [0.25, 0.3) is 0 Å². The summed E-state index contributed by atoms with van der Waals surface area (Å²) >= 11 is 0. The van der Waals surface area contributed by atoms with Gasteiger partial charge in [0.05, 0.1) is 0 Å². The molecule has 0 fully saturated rings. The number of halogens is 5. The van der Waals surface area contributed by atoms with Gasteiger partial charge in [0.1, 0.15) is 11.9 Å². The molecule has 2 aromatic carbocycles. The van der Waals surface area contributed by atoms with Gasteiger partial charge in [0.2, 0.25) is 34.8 Å². The number of unbranched alkanes of at least 4 members (excludes halogenated alkanes) is 2. The molecule has 168 valence electrons. The molecule has 0 aromatic heterocycles. The normalized spacial score (nSPS) is 11.7. The summed E-state index contributed by atoms with van der Waals surface area (Å²) < 4.78 is 80.7. The fraction of sp³-hybridized carbons (Fsp3) is 0.333. The summed E-state index contributed by atoms with van der Waals surface area (Å²) in [6.07, 6.45) is 0.170. The van der Waals surface area contributed by atoms with Gasteiger partial charge in [0, 0.05) is 6.42 Å². The highest BCUT2D eigenvalue weighted by atomic mass is 19.2. The van der Waals surface area contributed by atoms with Crippen LogP contribution in [0.3, 0.4) is 0 Å². The molecule has 0 N–H and O–H groups in total. The first kappa shape index (κ1) is 24.1. The monoisotopic (exact) mass is 446 g/mol. The molecule has 1 unspecified atom stereocenters. The number of ether oxygens (including phenoxy) is 3. The van der Waals surface area contributed by atoms with Gasteiger partial charge in [-0.25, -0.2) is 18.0 Å². The van der Waals surface area contributed by atoms with Crippen molar-refractivity contribution >= 4 is 12.1 Å². The molecular formula is C21H19F5O5. The second kappa shape index (κ2) is 10.7. The van der Waals surface area contributed by atoms with E-state index in [1.165, 1.54) is 31.2 Å². The van der Waals surface area contributed by atoms with E-state index in [1.807, 2.05) is 6.92 Å². The van der Waals surface area contributed by atoms with Gasteiger partial charge in [0.25, 0.3) is 0 Å². The van der Waals surface area contributed by atoms with Crippen molar-refractivity contribution in [3.05, 3.63) is 58.9 Å². The molecule has 0 radical (unpaired) electrons. The lowest BCUT2D eigenvalue weighted by atomic mass is 10.1. The second-order valence-corrected chi connectivity index (χ2v) is 6.51. The zero-order valence-electron chi connectivity index (χ0n) is 16.6. The van der Waals surface area contributed by atoms with Crippen molar-refractivity contribution in [2.45, 2.75) is 45.6 Å². The van der Waals surface area contributed by atoms with Crippen LogP contribution >= 0.6 is 0 Å². The summed E-state index contributed by atoms with van der Waals surface area (Å²) in [6.45, 7) is 3.39. The van der Waals surface area contributed by atoms with E-state index in [9.17, 15) is 31.5 Å². The first-order valence-electron chi connectivity index (χ1n) is 9.36. The smallest absolute Gasteiger partial charge is 0.427 e. The third kappa shape index (κ3) is 6.16. The van der Waals surface area contributed by atoms with Gasteiger partial charge in [-0.05, 0) is 31.0 Å². The van der Waals surface area contributed by atoms with E-state index in [0.717, 1.165) is 12.8 Å². The predicted molar refractivity (Wildman–Crippen MR) is 98.0 cm³/mol. The third-order valence-electron chi connectivity index (χ3n) is 4.19. The number of esters is 1. The molecule has 0 heterocycles. The Balaban J connectivity index is 1.99. The molecule has 5 nitrogen and oxygen atoms in total. The van der Waals surface area contributed by atoms with Crippen molar-refractivity contribution in [3.8, 4) is 11.5 Å². The number of benzene rings is 2. The van der Waals surface area contributed by atoms with Crippen molar-refractivity contribution < 1.29 is 45.8 Å². The van der Waals surface area contributed by atoms with E-state index < -0.39 is 53.1 Å². The Kier molecular flexibility index (Phi) is 8.35. The maximum Gasteiger partial charge on any atom is 0.514 e. The molecule has 0 bridgehead atoms.